The minimum absolute atomic E-state index is 0.119. The van der Waals surface area contributed by atoms with Crippen LogP contribution in [-0.4, -0.2) is 39.2 Å². The number of hydrogen-bond acceptors (Lipinski definition) is 4. The molecule has 1 saturated heterocycles. The smallest absolute Gasteiger partial charge is 0.416 e. The summed E-state index contributed by atoms with van der Waals surface area (Å²) in [6.07, 6.45) is -3.00. The predicted octanol–water partition coefficient (Wildman–Crippen LogP) is 5.03. The molecule has 1 heterocycles. The van der Waals surface area contributed by atoms with Gasteiger partial charge in [-0.25, -0.2) is 0 Å². The first kappa shape index (κ1) is 20.8. The molecule has 0 spiro atoms. The summed E-state index contributed by atoms with van der Waals surface area (Å²) in [6, 6.07) is 6.91. The molecule has 1 aliphatic heterocycles. The van der Waals surface area contributed by atoms with Crippen molar-refractivity contribution in [3.05, 3.63) is 63.2 Å². The average Bonchev–Trinajstić information content (AvgIpc) is 3.01. The zero-order valence-corrected chi connectivity index (χ0v) is 16.9. The van der Waals surface area contributed by atoms with E-state index < -0.39 is 11.7 Å². The molecule has 4 rings (SSSR count). The largest absolute Gasteiger partial charge is 0.495 e. The summed E-state index contributed by atoms with van der Waals surface area (Å²) in [5, 5.41) is 0.175. The first-order valence-electron chi connectivity index (χ1n) is 9.43. The molecule has 0 unspecified atom stereocenters. The predicted molar refractivity (Wildman–Crippen MR) is 108 cm³/mol. The van der Waals surface area contributed by atoms with Crippen LogP contribution < -0.4 is 9.64 Å². The zero-order valence-electron chi connectivity index (χ0n) is 16.2. The van der Waals surface area contributed by atoms with Gasteiger partial charge in [0.1, 0.15) is 5.75 Å². The van der Waals surface area contributed by atoms with Gasteiger partial charge in [0.2, 0.25) is 0 Å². The number of ether oxygens (including phenoxy) is 2. The zero-order chi connectivity index (χ0) is 21.5. The van der Waals surface area contributed by atoms with E-state index in [4.69, 9.17) is 21.1 Å². The fraction of sp³-hybridized carbons (Fsp3) is 0.318. The maximum absolute atomic E-state index is 13.4. The molecule has 8 heteroatoms. The van der Waals surface area contributed by atoms with Gasteiger partial charge in [-0.05, 0) is 47.5 Å². The Hall–Kier alpha value is -2.51. The van der Waals surface area contributed by atoms with Gasteiger partial charge in [0, 0.05) is 35.7 Å². The van der Waals surface area contributed by atoms with Crippen LogP contribution in [0, 0.1) is 0 Å². The molecule has 0 atom stereocenters. The molecule has 2 aromatic carbocycles. The summed E-state index contributed by atoms with van der Waals surface area (Å²) < 4.78 is 51.0. The van der Waals surface area contributed by atoms with Crippen LogP contribution in [0.5, 0.6) is 5.75 Å². The van der Waals surface area contributed by atoms with E-state index in [0.717, 1.165) is 17.3 Å². The van der Waals surface area contributed by atoms with Crippen molar-refractivity contribution >= 4 is 29.1 Å². The quantitative estimate of drug-likeness (QED) is 0.632. The Morgan fingerprint density at radius 2 is 1.90 bits per heavy atom. The third-order valence-electron chi connectivity index (χ3n) is 5.32. The molecule has 30 heavy (non-hydrogen) atoms. The first-order valence-corrected chi connectivity index (χ1v) is 9.81. The van der Waals surface area contributed by atoms with E-state index >= 15 is 0 Å². The monoisotopic (exact) mass is 437 g/mol. The Morgan fingerprint density at radius 3 is 2.57 bits per heavy atom. The minimum atomic E-state index is -4.54. The SMILES string of the molecule is COc1cc2c(cc1N1CCOCC1)CC(=Cc1cc(Cl)ccc1C(F)(F)F)C2=O. The highest BCUT2D eigenvalue weighted by Crippen LogP contribution is 2.39. The maximum atomic E-state index is 13.4. The van der Waals surface area contributed by atoms with Crippen molar-refractivity contribution in [2.75, 3.05) is 38.3 Å². The van der Waals surface area contributed by atoms with E-state index in [9.17, 15) is 18.0 Å². The number of alkyl halides is 3. The lowest BCUT2D eigenvalue weighted by molar-refractivity contribution is -0.137. The number of morpholine rings is 1. The second-order valence-electron chi connectivity index (χ2n) is 7.19. The van der Waals surface area contributed by atoms with Crippen molar-refractivity contribution in [1.29, 1.82) is 0 Å². The molecule has 158 valence electrons. The summed E-state index contributed by atoms with van der Waals surface area (Å²) in [4.78, 5) is 15.0. The van der Waals surface area contributed by atoms with Gasteiger partial charge in [-0.1, -0.05) is 11.6 Å². The van der Waals surface area contributed by atoms with Gasteiger partial charge in [-0.15, -0.1) is 0 Å². The summed E-state index contributed by atoms with van der Waals surface area (Å²) in [5.41, 5.74) is 1.42. The van der Waals surface area contributed by atoms with Crippen molar-refractivity contribution in [3.8, 4) is 5.75 Å². The topological polar surface area (TPSA) is 38.8 Å². The summed E-state index contributed by atoms with van der Waals surface area (Å²) >= 11 is 5.91. The Labute approximate surface area is 176 Å². The van der Waals surface area contributed by atoms with Crippen molar-refractivity contribution < 1.29 is 27.4 Å². The van der Waals surface area contributed by atoms with Crippen LogP contribution in [0.2, 0.25) is 5.02 Å². The van der Waals surface area contributed by atoms with Crippen LogP contribution in [0.1, 0.15) is 27.0 Å². The summed E-state index contributed by atoms with van der Waals surface area (Å²) in [6.45, 7) is 2.59. The lowest BCUT2D eigenvalue weighted by atomic mass is 10.0. The second kappa shape index (κ2) is 7.96. The van der Waals surface area contributed by atoms with Gasteiger partial charge in [0.05, 0.1) is 31.6 Å². The van der Waals surface area contributed by atoms with Crippen LogP contribution in [0.3, 0.4) is 0 Å². The number of carbonyl (C=O) groups excluding carboxylic acids is 1. The van der Waals surface area contributed by atoms with Crippen molar-refractivity contribution in [2.45, 2.75) is 12.6 Å². The van der Waals surface area contributed by atoms with Gasteiger partial charge < -0.3 is 14.4 Å². The number of benzene rings is 2. The number of rotatable bonds is 3. The maximum Gasteiger partial charge on any atom is 0.416 e. The number of anilines is 1. The summed E-state index contributed by atoms with van der Waals surface area (Å²) in [7, 11) is 1.53. The molecule has 0 bridgehead atoms. The summed E-state index contributed by atoms with van der Waals surface area (Å²) in [5.74, 6) is 0.258. The van der Waals surface area contributed by atoms with Crippen LogP contribution >= 0.6 is 11.6 Å². The third-order valence-corrected chi connectivity index (χ3v) is 5.56. The van der Waals surface area contributed by atoms with Crippen molar-refractivity contribution in [1.82, 2.24) is 0 Å². The fourth-order valence-corrected chi connectivity index (χ4v) is 4.04. The van der Waals surface area contributed by atoms with Crippen LogP contribution in [0.4, 0.5) is 18.9 Å². The molecule has 1 fully saturated rings. The molecule has 4 nitrogen and oxygen atoms in total. The number of halogens is 4. The highest BCUT2D eigenvalue weighted by atomic mass is 35.5. The number of ketones is 1. The molecule has 2 aromatic rings. The van der Waals surface area contributed by atoms with E-state index in [1.54, 1.807) is 6.07 Å². The first-order chi connectivity index (χ1) is 14.3. The van der Waals surface area contributed by atoms with Gasteiger partial charge in [-0.3, -0.25) is 4.79 Å². The van der Waals surface area contributed by atoms with Gasteiger partial charge in [0.25, 0.3) is 0 Å². The van der Waals surface area contributed by atoms with Gasteiger partial charge in [-0.2, -0.15) is 13.2 Å². The third kappa shape index (κ3) is 3.91. The average molecular weight is 438 g/mol. The van der Waals surface area contributed by atoms with E-state index in [-0.39, 0.29) is 22.8 Å². The number of hydrogen-bond donors (Lipinski definition) is 0. The number of Topliss-reactive ketones (excluding diaryl/α,β-unsaturated/α-hetero) is 1. The fourth-order valence-electron chi connectivity index (χ4n) is 3.86. The highest BCUT2D eigenvalue weighted by Gasteiger charge is 2.34. The molecule has 0 N–H and O–H groups in total. The standard InChI is InChI=1S/C22H19ClF3NO3/c1-29-20-12-17-13(11-19(20)27-4-6-30-7-5-27)8-15(21(17)28)9-14-10-16(23)2-3-18(14)22(24,25)26/h2-3,9-12H,4-8H2,1H3. The number of allylic oxidation sites excluding steroid dienone is 1. The Bertz CT molecular complexity index is 1030. The molecule has 2 aliphatic rings. The highest BCUT2D eigenvalue weighted by molar-refractivity contribution is 6.30. The Kier molecular flexibility index (Phi) is 5.51. The lowest BCUT2D eigenvalue weighted by Crippen LogP contribution is -2.36. The van der Waals surface area contributed by atoms with Crippen LogP contribution in [-0.2, 0) is 17.3 Å². The molecular formula is C22H19ClF3NO3. The number of fused-ring (bicyclic) bond motifs is 1. The Morgan fingerprint density at radius 1 is 1.17 bits per heavy atom. The molecule has 0 saturated carbocycles. The van der Waals surface area contributed by atoms with Crippen molar-refractivity contribution in [3.63, 3.8) is 0 Å². The number of methoxy groups -OCH3 is 1. The van der Waals surface area contributed by atoms with E-state index in [1.807, 2.05) is 6.07 Å². The molecule has 0 radical (unpaired) electrons. The minimum Gasteiger partial charge on any atom is -0.495 e. The lowest BCUT2D eigenvalue weighted by Gasteiger charge is -2.30. The number of carbonyl (C=O) groups is 1. The van der Waals surface area contributed by atoms with Crippen LogP contribution in [0.15, 0.2) is 35.9 Å². The van der Waals surface area contributed by atoms with Crippen molar-refractivity contribution in [2.24, 2.45) is 0 Å². The van der Waals surface area contributed by atoms with E-state index in [1.165, 1.54) is 25.3 Å². The molecule has 1 aliphatic carbocycles. The van der Waals surface area contributed by atoms with Crippen LogP contribution in [0.25, 0.3) is 6.08 Å². The molecular weight excluding hydrogens is 419 g/mol. The van der Waals surface area contributed by atoms with E-state index in [2.05, 4.69) is 4.90 Å². The Balaban J connectivity index is 1.73. The molecule has 0 amide bonds. The number of nitrogens with zero attached hydrogens (tertiary/aromatic N) is 1. The van der Waals surface area contributed by atoms with Gasteiger partial charge >= 0.3 is 6.18 Å². The van der Waals surface area contributed by atoms with E-state index in [0.29, 0.717) is 43.2 Å². The normalized spacial score (nSPS) is 18.1. The second-order valence-corrected chi connectivity index (χ2v) is 7.62. The van der Waals surface area contributed by atoms with Gasteiger partial charge in [0.15, 0.2) is 5.78 Å². The molecule has 0 aromatic heterocycles.